The first-order valence-corrected chi connectivity index (χ1v) is 4.40. The van der Waals surface area contributed by atoms with Crippen LogP contribution in [0.5, 0.6) is 0 Å². The Morgan fingerprint density at radius 1 is 1.40 bits per heavy atom. The Kier molecular flexibility index (Phi) is 3.36. The van der Waals surface area contributed by atoms with Crippen LogP contribution in [-0.4, -0.2) is 11.7 Å². The van der Waals surface area contributed by atoms with E-state index in [4.69, 9.17) is 10.8 Å². The molecule has 0 unspecified atom stereocenters. The highest BCUT2D eigenvalue weighted by Gasteiger charge is 2.32. The Hall–Kier alpha value is -1.07. The summed E-state index contributed by atoms with van der Waals surface area (Å²) in [5.41, 5.74) is 5.17. The van der Waals surface area contributed by atoms with Gasteiger partial charge in [0.25, 0.3) is 0 Å². The van der Waals surface area contributed by atoms with Crippen LogP contribution in [0.3, 0.4) is 0 Å². The van der Waals surface area contributed by atoms with E-state index >= 15 is 0 Å². The topological polar surface area (TPSA) is 46.2 Å². The largest absolute Gasteiger partial charge is 0.416 e. The van der Waals surface area contributed by atoms with Crippen molar-refractivity contribution >= 4 is 0 Å². The van der Waals surface area contributed by atoms with Gasteiger partial charge in [0.2, 0.25) is 0 Å². The summed E-state index contributed by atoms with van der Waals surface area (Å²) in [4.78, 5) is 0. The van der Waals surface area contributed by atoms with Crippen molar-refractivity contribution in [3.8, 4) is 0 Å². The third-order valence-corrected chi connectivity index (χ3v) is 2.19. The van der Waals surface area contributed by atoms with Gasteiger partial charge in [0, 0.05) is 0 Å². The van der Waals surface area contributed by atoms with E-state index in [1.807, 2.05) is 0 Å². The minimum Gasteiger partial charge on any atom is -0.394 e. The number of alkyl halides is 3. The third kappa shape index (κ3) is 2.70. The van der Waals surface area contributed by atoms with E-state index in [9.17, 15) is 13.2 Å². The van der Waals surface area contributed by atoms with E-state index in [0.29, 0.717) is 0 Å². The van der Waals surface area contributed by atoms with Crippen molar-refractivity contribution in [2.45, 2.75) is 19.1 Å². The van der Waals surface area contributed by atoms with E-state index < -0.39 is 17.8 Å². The van der Waals surface area contributed by atoms with E-state index in [1.54, 1.807) is 0 Å². The van der Waals surface area contributed by atoms with Gasteiger partial charge in [-0.05, 0) is 24.1 Å². The lowest BCUT2D eigenvalue weighted by Gasteiger charge is -2.14. The molecule has 1 aromatic carbocycles. The van der Waals surface area contributed by atoms with Crippen LogP contribution in [0.4, 0.5) is 13.2 Å². The van der Waals surface area contributed by atoms with Gasteiger partial charge in [-0.2, -0.15) is 13.2 Å². The maximum Gasteiger partial charge on any atom is 0.416 e. The zero-order valence-corrected chi connectivity index (χ0v) is 8.17. The average Bonchev–Trinajstić information content (AvgIpc) is 2.15. The van der Waals surface area contributed by atoms with Crippen LogP contribution in [0.25, 0.3) is 0 Å². The molecule has 5 heteroatoms. The standard InChI is InChI=1S/C10H12F3NO/c1-6-2-3-7(9(14)5-15)4-8(6)10(11,12)13/h2-4,9,15H,5,14H2,1H3/t9-/m1/s1. The molecule has 0 fully saturated rings. The van der Waals surface area contributed by atoms with Crippen LogP contribution < -0.4 is 5.73 Å². The lowest BCUT2D eigenvalue weighted by atomic mass is 10.0. The van der Waals surface area contributed by atoms with Crippen LogP contribution in [-0.2, 0) is 6.18 Å². The Balaban J connectivity index is 3.17. The summed E-state index contributed by atoms with van der Waals surface area (Å²) in [6, 6.07) is 3.06. The van der Waals surface area contributed by atoms with Gasteiger partial charge in [-0.25, -0.2) is 0 Å². The Bertz CT molecular complexity index is 349. The second kappa shape index (κ2) is 4.20. The number of aliphatic hydroxyl groups is 1. The second-order valence-corrected chi connectivity index (χ2v) is 3.36. The summed E-state index contributed by atoms with van der Waals surface area (Å²) < 4.78 is 37.5. The lowest BCUT2D eigenvalue weighted by Crippen LogP contribution is -2.16. The molecule has 0 saturated heterocycles. The van der Waals surface area contributed by atoms with Gasteiger partial charge in [0.1, 0.15) is 0 Å². The van der Waals surface area contributed by atoms with Crippen molar-refractivity contribution in [3.05, 3.63) is 34.9 Å². The van der Waals surface area contributed by atoms with Crippen LogP contribution in [0.15, 0.2) is 18.2 Å². The van der Waals surface area contributed by atoms with Crippen molar-refractivity contribution < 1.29 is 18.3 Å². The second-order valence-electron chi connectivity index (χ2n) is 3.36. The summed E-state index contributed by atoms with van der Waals surface area (Å²) in [7, 11) is 0. The fourth-order valence-corrected chi connectivity index (χ4v) is 1.28. The van der Waals surface area contributed by atoms with E-state index in [1.165, 1.54) is 19.1 Å². The van der Waals surface area contributed by atoms with Crippen LogP contribution >= 0.6 is 0 Å². The van der Waals surface area contributed by atoms with E-state index in [2.05, 4.69) is 0 Å². The minimum absolute atomic E-state index is 0.149. The van der Waals surface area contributed by atoms with Crippen molar-refractivity contribution in [3.63, 3.8) is 0 Å². The SMILES string of the molecule is Cc1ccc([C@H](N)CO)cc1C(F)(F)F. The van der Waals surface area contributed by atoms with Crippen molar-refractivity contribution in [1.29, 1.82) is 0 Å². The predicted molar refractivity (Wildman–Crippen MR) is 50.2 cm³/mol. The summed E-state index contributed by atoms with van der Waals surface area (Å²) >= 11 is 0. The number of benzene rings is 1. The first-order chi connectivity index (χ1) is 6.86. The number of hydrogen-bond acceptors (Lipinski definition) is 2. The zero-order valence-electron chi connectivity index (χ0n) is 8.17. The number of rotatable bonds is 2. The molecule has 0 amide bonds. The minimum atomic E-state index is -4.38. The Morgan fingerprint density at radius 2 is 2.00 bits per heavy atom. The van der Waals surface area contributed by atoms with Gasteiger partial charge in [-0.1, -0.05) is 12.1 Å². The Labute approximate surface area is 85.5 Å². The molecule has 0 aliphatic carbocycles. The first kappa shape index (κ1) is 12.0. The molecule has 0 aliphatic rings. The zero-order chi connectivity index (χ0) is 11.6. The van der Waals surface area contributed by atoms with E-state index in [0.717, 1.165) is 6.07 Å². The molecule has 1 aromatic rings. The summed E-state index contributed by atoms with van der Waals surface area (Å²) in [6.45, 7) is 1.01. The quantitative estimate of drug-likeness (QED) is 0.799. The maximum absolute atomic E-state index is 12.5. The van der Waals surface area contributed by atoms with E-state index in [-0.39, 0.29) is 17.7 Å². The van der Waals surface area contributed by atoms with Crippen molar-refractivity contribution in [2.24, 2.45) is 5.73 Å². The highest BCUT2D eigenvalue weighted by atomic mass is 19.4. The number of aliphatic hydroxyl groups excluding tert-OH is 1. The van der Waals surface area contributed by atoms with Gasteiger partial charge < -0.3 is 10.8 Å². The molecule has 15 heavy (non-hydrogen) atoms. The molecular weight excluding hydrogens is 207 g/mol. The van der Waals surface area contributed by atoms with Crippen molar-refractivity contribution in [1.82, 2.24) is 0 Å². The summed E-state index contributed by atoms with van der Waals surface area (Å²) in [5.74, 6) is 0. The molecule has 0 aliphatic heterocycles. The summed E-state index contributed by atoms with van der Waals surface area (Å²) in [5, 5.41) is 8.74. The molecule has 0 radical (unpaired) electrons. The summed E-state index contributed by atoms with van der Waals surface area (Å²) in [6.07, 6.45) is -4.38. The fraction of sp³-hybridized carbons (Fsp3) is 0.400. The molecule has 0 heterocycles. The van der Waals surface area contributed by atoms with Crippen LogP contribution in [0.1, 0.15) is 22.7 Å². The average molecular weight is 219 g/mol. The van der Waals surface area contributed by atoms with Crippen molar-refractivity contribution in [2.75, 3.05) is 6.61 Å². The molecule has 1 atom stereocenters. The molecule has 2 nitrogen and oxygen atoms in total. The highest BCUT2D eigenvalue weighted by Crippen LogP contribution is 2.33. The molecule has 3 N–H and O–H groups in total. The highest BCUT2D eigenvalue weighted by molar-refractivity contribution is 5.34. The van der Waals surface area contributed by atoms with Gasteiger partial charge in [0.05, 0.1) is 18.2 Å². The molecule has 84 valence electrons. The molecule has 0 bridgehead atoms. The van der Waals surface area contributed by atoms with Crippen LogP contribution in [0, 0.1) is 6.92 Å². The number of aryl methyl sites for hydroxylation is 1. The monoisotopic (exact) mass is 219 g/mol. The first-order valence-electron chi connectivity index (χ1n) is 4.40. The van der Waals surface area contributed by atoms with Gasteiger partial charge in [-0.3, -0.25) is 0 Å². The van der Waals surface area contributed by atoms with Gasteiger partial charge in [0.15, 0.2) is 0 Å². The predicted octanol–water partition coefficient (Wildman–Crippen LogP) is 2.01. The Morgan fingerprint density at radius 3 is 2.47 bits per heavy atom. The van der Waals surface area contributed by atoms with Gasteiger partial charge >= 0.3 is 6.18 Å². The third-order valence-electron chi connectivity index (χ3n) is 2.19. The lowest BCUT2D eigenvalue weighted by molar-refractivity contribution is -0.138. The van der Waals surface area contributed by atoms with Crippen LogP contribution in [0.2, 0.25) is 0 Å². The number of nitrogens with two attached hydrogens (primary N) is 1. The smallest absolute Gasteiger partial charge is 0.394 e. The molecular formula is C10H12F3NO. The van der Waals surface area contributed by atoms with Gasteiger partial charge in [-0.15, -0.1) is 0 Å². The number of hydrogen-bond donors (Lipinski definition) is 2. The molecule has 0 saturated carbocycles. The molecule has 0 aromatic heterocycles. The normalized spacial score (nSPS) is 14.0. The molecule has 0 spiro atoms. The molecule has 1 rings (SSSR count). The number of halogens is 3. The fourth-order valence-electron chi connectivity index (χ4n) is 1.28. The maximum atomic E-state index is 12.5.